The molecule has 0 fully saturated rings. The molecule has 1 heterocycles. The van der Waals surface area contributed by atoms with Crippen molar-refractivity contribution in [3.05, 3.63) is 46.0 Å². The van der Waals surface area contributed by atoms with Gasteiger partial charge in [0.1, 0.15) is 11.4 Å². The number of methoxy groups -OCH3 is 1. The molecule has 1 aromatic carbocycles. The van der Waals surface area contributed by atoms with Gasteiger partial charge in [0.15, 0.2) is 0 Å². The van der Waals surface area contributed by atoms with Crippen LogP contribution in [0.15, 0.2) is 29.2 Å². The van der Waals surface area contributed by atoms with Crippen LogP contribution in [-0.2, 0) is 4.74 Å². The van der Waals surface area contributed by atoms with Gasteiger partial charge >= 0.3 is 5.97 Å². The molecule has 0 bridgehead atoms. The van der Waals surface area contributed by atoms with Crippen molar-refractivity contribution in [3.8, 4) is 0 Å². The van der Waals surface area contributed by atoms with Gasteiger partial charge in [-0.15, -0.1) is 0 Å². The summed E-state index contributed by atoms with van der Waals surface area (Å²) in [6, 6.07) is 3.75. The first-order chi connectivity index (χ1) is 7.63. The van der Waals surface area contributed by atoms with Gasteiger partial charge in [0.25, 0.3) is 0 Å². The molecule has 0 radical (unpaired) electrons. The van der Waals surface area contributed by atoms with Gasteiger partial charge in [0.2, 0.25) is 5.43 Å². The molecular formula is C11H8FNO3. The number of carbonyl (C=O) groups is 1. The fourth-order valence-corrected chi connectivity index (χ4v) is 1.45. The lowest BCUT2D eigenvalue weighted by atomic mass is 10.1. The van der Waals surface area contributed by atoms with E-state index in [2.05, 4.69) is 9.72 Å². The number of H-pyrrole nitrogens is 1. The van der Waals surface area contributed by atoms with Crippen LogP contribution in [0.2, 0.25) is 0 Å². The van der Waals surface area contributed by atoms with E-state index in [1.54, 1.807) is 0 Å². The highest BCUT2D eigenvalue weighted by Gasteiger charge is 2.13. The van der Waals surface area contributed by atoms with Gasteiger partial charge in [-0.1, -0.05) is 0 Å². The van der Waals surface area contributed by atoms with Crippen LogP contribution < -0.4 is 5.43 Å². The third-order valence-corrected chi connectivity index (χ3v) is 2.25. The van der Waals surface area contributed by atoms with Crippen LogP contribution in [0.25, 0.3) is 10.9 Å². The van der Waals surface area contributed by atoms with E-state index >= 15 is 0 Å². The van der Waals surface area contributed by atoms with E-state index in [9.17, 15) is 14.0 Å². The van der Waals surface area contributed by atoms with E-state index in [1.807, 2.05) is 0 Å². The van der Waals surface area contributed by atoms with Crippen LogP contribution >= 0.6 is 0 Å². The zero-order valence-corrected chi connectivity index (χ0v) is 8.41. The Balaban J connectivity index is 2.78. The topological polar surface area (TPSA) is 59.2 Å². The second kappa shape index (κ2) is 3.77. The minimum absolute atomic E-state index is 0.128. The maximum atomic E-state index is 13.0. The fourth-order valence-electron chi connectivity index (χ4n) is 1.45. The Bertz CT molecular complexity index is 618. The molecule has 0 unspecified atom stereocenters. The molecule has 0 amide bonds. The van der Waals surface area contributed by atoms with Gasteiger partial charge in [0, 0.05) is 17.1 Å². The average molecular weight is 221 g/mol. The predicted molar refractivity (Wildman–Crippen MR) is 55.9 cm³/mol. The number of hydrogen-bond acceptors (Lipinski definition) is 3. The van der Waals surface area contributed by atoms with Crippen molar-refractivity contribution in [2.45, 2.75) is 0 Å². The Labute approximate surface area is 89.7 Å². The van der Waals surface area contributed by atoms with Crippen molar-refractivity contribution < 1.29 is 13.9 Å². The molecule has 0 atom stereocenters. The van der Waals surface area contributed by atoms with E-state index in [4.69, 9.17) is 0 Å². The lowest BCUT2D eigenvalue weighted by molar-refractivity contribution is 0.0599. The molecule has 2 rings (SSSR count). The number of nitrogens with one attached hydrogen (secondary N) is 1. The summed E-state index contributed by atoms with van der Waals surface area (Å²) in [6.45, 7) is 0. The number of rotatable bonds is 1. The third-order valence-electron chi connectivity index (χ3n) is 2.25. The zero-order chi connectivity index (χ0) is 11.7. The van der Waals surface area contributed by atoms with Gasteiger partial charge in [-0.3, -0.25) is 4.79 Å². The van der Waals surface area contributed by atoms with Crippen LogP contribution in [-0.4, -0.2) is 18.1 Å². The molecule has 5 heteroatoms. The van der Waals surface area contributed by atoms with Crippen LogP contribution in [0.4, 0.5) is 4.39 Å². The summed E-state index contributed by atoms with van der Waals surface area (Å²) in [5, 5.41) is 0.128. The summed E-state index contributed by atoms with van der Waals surface area (Å²) in [5.41, 5.74) is -0.209. The molecule has 82 valence electrons. The van der Waals surface area contributed by atoms with E-state index < -0.39 is 17.2 Å². The molecule has 1 aromatic heterocycles. The molecule has 4 nitrogen and oxygen atoms in total. The number of ether oxygens (including phenoxy) is 1. The second-order valence-electron chi connectivity index (χ2n) is 3.21. The number of esters is 1. The molecule has 0 saturated carbocycles. The number of aromatic amines is 1. The van der Waals surface area contributed by atoms with Gasteiger partial charge in [0.05, 0.1) is 7.11 Å². The van der Waals surface area contributed by atoms with Crippen molar-refractivity contribution in [1.82, 2.24) is 4.98 Å². The molecule has 0 saturated heterocycles. The fraction of sp³-hybridized carbons (Fsp3) is 0.0909. The van der Waals surface area contributed by atoms with Gasteiger partial charge in [-0.25, -0.2) is 9.18 Å². The first-order valence-corrected chi connectivity index (χ1v) is 4.52. The van der Waals surface area contributed by atoms with Crippen LogP contribution in [0.1, 0.15) is 10.4 Å². The van der Waals surface area contributed by atoms with E-state index in [0.29, 0.717) is 5.52 Å². The molecule has 0 aliphatic rings. The Morgan fingerprint density at radius 1 is 1.44 bits per heavy atom. The quantitative estimate of drug-likeness (QED) is 0.741. The highest BCUT2D eigenvalue weighted by molar-refractivity contribution is 5.93. The largest absolute Gasteiger partial charge is 0.465 e. The Hall–Kier alpha value is -2.17. The molecule has 0 aliphatic carbocycles. The Morgan fingerprint density at radius 2 is 2.19 bits per heavy atom. The number of halogens is 1. The minimum atomic E-state index is -0.743. The van der Waals surface area contributed by atoms with E-state index in [-0.39, 0.29) is 10.9 Å². The Morgan fingerprint density at radius 3 is 2.88 bits per heavy atom. The van der Waals surface area contributed by atoms with Crippen LogP contribution in [0.3, 0.4) is 0 Å². The van der Waals surface area contributed by atoms with Crippen LogP contribution in [0.5, 0.6) is 0 Å². The van der Waals surface area contributed by atoms with E-state index in [0.717, 1.165) is 6.07 Å². The monoisotopic (exact) mass is 221 g/mol. The SMILES string of the molecule is COC(=O)c1c[nH]c2ccc(F)cc2c1=O. The molecule has 16 heavy (non-hydrogen) atoms. The van der Waals surface area contributed by atoms with Crippen molar-refractivity contribution >= 4 is 16.9 Å². The average Bonchev–Trinajstić information content (AvgIpc) is 2.29. The summed E-state index contributed by atoms with van der Waals surface area (Å²) in [5.74, 6) is -1.27. The summed E-state index contributed by atoms with van der Waals surface area (Å²) >= 11 is 0. The number of pyridine rings is 1. The zero-order valence-electron chi connectivity index (χ0n) is 8.41. The molecule has 1 N–H and O–H groups in total. The number of carbonyl (C=O) groups excluding carboxylic acids is 1. The summed E-state index contributed by atoms with van der Waals surface area (Å²) in [4.78, 5) is 25.8. The number of fused-ring (bicyclic) bond motifs is 1. The van der Waals surface area contributed by atoms with Gasteiger partial charge in [-0.2, -0.15) is 0 Å². The highest BCUT2D eigenvalue weighted by atomic mass is 19.1. The molecule has 2 aromatic rings. The molecule has 0 aliphatic heterocycles. The smallest absolute Gasteiger partial charge is 0.343 e. The van der Waals surface area contributed by atoms with Crippen LogP contribution in [0, 0.1) is 5.82 Å². The van der Waals surface area contributed by atoms with Gasteiger partial charge in [-0.05, 0) is 18.2 Å². The number of hydrogen-bond donors (Lipinski definition) is 1. The normalized spacial score (nSPS) is 10.4. The van der Waals surface area contributed by atoms with Gasteiger partial charge < -0.3 is 9.72 Å². The highest BCUT2D eigenvalue weighted by Crippen LogP contribution is 2.10. The first kappa shape index (κ1) is 10.4. The van der Waals surface area contributed by atoms with Crippen molar-refractivity contribution in [1.29, 1.82) is 0 Å². The predicted octanol–water partition coefficient (Wildman–Crippen LogP) is 1.45. The third kappa shape index (κ3) is 1.56. The van der Waals surface area contributed by atoms with E-state index in [1.165, 1.54) is 25.4 Å². The number of benzene rings is 1. The van der Waals surface area contributed by atoms with Crippen molar-refractivity contribution in [2.75, 3.05) is 7.11 Å². The van der Waals surface area contributed by atoms with Crippen molar-refractivity contribution in [3.63, 3.8) is 0 Å². The maximum Gasteiger partial charge on any atom is 0.343 e. The lowest BCUT2D eigenvalue weighted by Gasteiger charge is -2.01. The summed E-state index contributed by atoms with van der Waals surface area (Å²) < 4.78 is 17.4. The minimum Gasteiger partial charge on any atom is -0.465 e. The first-order valence-electron chi connectivity index (χ1n) is 4.52. The maximum absolute atomic E-state index is 13.0. The standard InChI is InChI=1S/C11H8FNO3/c1-16-11(15)8-5-13-9-3-2-6(12)4-7(9)10(8)14/h2-5H,1H3,(H,13,14). The summed E-state index contributed by atoms with van der Waals surface area (Å²) in [6.07, 6.45) is 1.26. The second-order valence-corrected chi connectivity index (χ2v) is 3.21. The Kier molecular flexibility index (Phi) is 2.44. The lowest BCUT2D eigenvalue weighted by Crippen LogP contribution is -2.17. The molecule has 0 spiro atoms. The number of aromatic nitrogens is 1. The molecular weight excluding hydrogens is 213 g/mol. The van der Waals surface area contributed by atoms with Crippen molar-refractivity contribution in [2.24, 2.45) is 0 Å². The summed E-state index contributed by atoms with van der Waals surface area (Å²) in [7, 11) is 1.18.